The minimum absolute atomic E-state index is 0.371. The number of amidine groups is 1. The molecule has 35 heavy (non-hydrogen) atoms. The van der Waals surface area contributed by atoms with Crippen molar-refractivity contribution in [1.82, 2.24) is 25.3 Å². The molecule has 0 fully saturated rings. The van der Waals surface area contributed by atoms with Crippen LogP contribution in [0.5, 0.6) is 5.75 Å². The van der Waals surface area contributed by atoms with Crippen LogP contribution in [0.15, 0.2) is 84.0 Å². The summed E-state index contributed by atoms with van der Waals surface area (Å²) in [6, 6.07) is 24.6. The number of nitrogens with zero attached hydrogens (tertiary/aromatic N) is 5. The summed E-state index contributed by atoms with van der Waals surface area (Å²) in [6.07, 6.45) is 3.01. The van der Waals surface area contributed by atoms with Gasteiger partial charge < -0.3 is 10.1 Å². The number of nitrogens with one attached hydrogen (secondary N) is 1. The van der Waals surface area contributed by atoms with E-state index in [0.717, 1.165) is 63.1 Å². The van der Waals surface area contributed by atoms with E-state index in [9.17, 15) is 0 Å². The van der Waals surface area contributed by atoms with E-state index in [1.54, 1.807) is 11.3 Å². The van der Waals surface area contributed by atoms with Gasteiger partial charge in [0.15, 0.2) is 0 Å². The van der Waals surface area contributed by atoms with Crippen LogP contribution in [0.2, 0.25) is 0 Å². The lowest BCUT2D eigenvalue weighted by atomic mass is 10.1. The Kier molecular flexibility index (Phi) is 5.94. The Bertz CT molecular complexity index is 1470. The molecule has 0 saturated heterocycles. The van der Waals surface area contributed by atoms with Crippen molar-refractivity contribution in [2.45, 2.75) is 19.6 Å². The van der Waals surface area contributed by atoms with Crippen LogP contribution in [-0.4, -0.2) is 38.9 Å². The molecule has 0 atom stereocenters. The van der Waals surface area contributed by atoms with Crippen molar-refractivity contribution in [2.24, 2.45) is 4.99 Å². The van der Waals surface area contributed by atoms with Crippen molar-refractivity contribution >= 4 is 27.4 Å². The molecule has 0 bridgehead atoms. The van der Waals surface area contributed by atoms with Crippen LogP contribution in [0.3, 0.4) is 0 Å². The van der Waals surface area contributed by atoms with E-state index in [4.69, 9.17) is 9.72 Å². The molecule has 0 amide bonds. The summed E-state index contributed by atoms with van der Waals surface area (Å²) in [5, 5.41) is 12.8. The average Bonchev–Trinajstić information content (AvgIpc) is 3.55. The number of rotatable bonds is 7. The number of hydrogen-bond acceptors (Lipinski definition) is 7. The number of aromatic nitrogens is 4. The molecule has 6 rings (SSSR count). The zero-order valence-electron chi connectivity index (χ0n) is 19.1. The summed E-state index contributed by atoms with van der Waals surface area (Å²) in [4.78, 5) is 9.43. The third-order valence-electron chi connectivity index (χ3n) is 5.82. The van der Waals surface area contributed by atoms with Crippen LogP contribution in [-0.2, 0) is 13.2 Å². The molecule has 174 valence electrons. The first-order valence-electron chi connectivity index (χ1n) is 11.7. The molecule has 3 aromatic carbocycles. The van der Waals surface area contributed by atoms with Crippen LogP contribution in [0, 0.1) is 0 Å². The second-order valence-corrected chi connectivity index (χ2v) is 9.45. The van der Waals surface area contributed by atoms with E-state index in [0.29, 0.717) is 13.2 Å². The minimum Gasteiger partial charge on any atom is -0.487 e. The molecular formula is C27H24N6OS. The minimum atomic E-state index is 0.371. The van der Waals surface area contributed by atoms with Gasteiger partial charge in [0.1, 0.15) is 28.9 Å². The Hall–Kier alpha value is -4.04. The molecule has 0 radical (unpaired) electrons. The molecule has 1 aliphatic heterocycles. The predicted molar refractivity (Wildman–Crippen MR) is 139 cm³/mol. The molecule has 7 nitrogen and oxygen atoms in total. The average molecular weight is 481 g/mol. The third kappa shape index (κ3) is 4.93. The Morgan fingerprint density at radius 3 is 2.66 bits per heavy atom. The number of aliphatic imine (C=N–C) groups is 1. The van der Waals surface area contributed by atoms with Crippen molar-refractivity contribution in [2.75, 3.05) is 13.1 Å². The fourth-order valence-electron chi connectivity index (χ4n) is 4.02. The van der Waals surface area contributed by atoms with Gasteiger partial charge in [-0.15, -0.1) is 16.4 Å². The zero-order chi connectivity index (χ0) is 23.5. The Balaban J connectivity index is 1.11. The van der Waals surface area contributed by atoms with Crippen LogP contribution in [0.25, 0.3) is 20.8 Å². The highest BCUT2D eigenvalue weighted by molar-refractivity contribution is 7.21. The van der Waals surface area contributed by atoms with Gasteiger partial charge in [0, 0.05) is 24.2 Å². The van der Waals surface area contributed by atoms with Crippen molar-refractivity contribution < 1.29 is 4.74 Å². The quantitative estimate of drug-likeness (QED) is 0.358. The Morgan fingerprint density at radius 2 is 1.83 bits per heavy atom. The molecule has 0 spiro atoms. The van der Waals surface area contributed by atoms with E-state index >= 15 is 0 Å². The predicted octanol–water partition coefficient (Wildman–Crippen LogP) is 4.92. The van der Waals surface area contributed by atoms with E-state index in [2.05, 4.69) is 51.0 Å². The summed E-state index contributed by atoms with van der Waals surface area (Å²) in [6.45, 7) is 2.92. The number of fused-ring (bicyclic) bond motifs is 1. The Labute approximate surface area is 207 Å². The molecular weight excluding hydrogens is 456 g/mol. The number of ether oxygens (including phenoxy) is 1. The maximum Gasteiger partial charge on any atom is 0.134 e. The largest absolute Gasteiger partial charge is 0.487 e. The summed E-state index contributed by atoms with van der Waals surface area (Å²) >= 11 is 1.69. The summed E-state index contributed by atoms with van der Waals surface area (Å²) in [5.41, 5.74) is 5.18. The van der Waals surface area contributed by atoms with Crippen LogP contribution in [0.1, 0.15) is 23.2 Å². The monoisotopic (exact) mass is 480 g/mol. The van der Waals surface area contributed by atoms with Gasteiger partial charge in [-0.3, -0.25) is 4.99 Å². The second-order valence-electron chi connectivity index (χ2n) is 8.42. The summed E-state index contributed by atoms with van der Waals surface area (Å²) < 4.78 is 8.92. The molecule has 1 N–H and O–H groups in total. The molecule has 5 aromatic rings. The lowest BCUT2D eigenvalue weighted by Gasteiger charge is -2.14. The molecule has 0 unspecified atom stereocenters. The highest BCUT2D eigenvalue weighted by Gasteiger charge is 2.11. The van der Waals surface area contributed by atoms with Crippen LogP contribution in [0.4, 0.5) is 0 Å². The van der Waals surface area contributed by atoms with Crippen molar-refractivity contribution in [3.05, 3.63) is 95.8 Å². The first kappa shape index (κ1) is 21.5. The second kappa shape index (κ2) is 9.68. The van der Waals surface area contributed by atoms with Gasteiger partial charge in [0.25, 0.3) is 0 Å². The van der Waals surface area contributed by atoms with Gasteiger partial charge in [0.2, 0.25) is 0 Å². The van der Waals surface area contributed by atoms with Gasteiger partial charge >= 0.3 is 0 Å². The topological polar surface area (TPSA) is 77.2 Å². The molecule has 1 aliphatic rings. The van der Waals surface area contributed by atoms with Crippen LogP contribution < -0.4 is 10.1 Å². The highest BCUT2D eigenvalue weighted by Crippen LogP contribution is 2.32. The van der Waals surface area contributed by atoms with Gasteiger partial charge in [-0.2, -0.15) is 0 Å². The number of hydrogen-bond donors (Lipinski definition) is 1. The van der Waals surface area contributed by atoms with Crippen molar-refractivity contribution in [3.63, 3.8) is 0 Å². The Morgan fingerprint density at radius 1 is 0.971 bits per heavy atom. The van der Waals surface area contributed by atoms with E-state index in [-0.39, 0.29) is 0 Å². The van der Waals surface area contributed by atoms with Gasteiger partial charge in [0.05, 0.1) is 23.0 Å². The van der Waals surface area contributed by atoms with Gasteiger partial charge in [-0.25, -0.2) is 9.67 Å². The van der Waals surface area contributed by atoms with E-state index < -0.39 is 0 Å². The highest BCUT2D eigenvalue weighted by atomic mass is 32.1. The van der Waals surface area contributed by atoms with Gasteiger partial charge in [-0.05, 0) is 54.4 Å². The number of benzene rings is 3. The lowest BCUT2D eigenvalue weighted by Crippen LogP contribution is -2.30. The SMILES string of the molecule is c1ccc(Cn2cc(COc3ccc(-c4nc5ccc(C6=NCCCN6)cc5s4)cc3)nn2)cc1. The molecule has 0 aliphatic carbocycles. The molecule has 3 heterocycles. The maximum atomic E-state index is 5.94. The maximum absolute atomic E-state index is 5.94. The van der Waals surface area contributed by atoms with Gasteiger partial charge in [-0.1, -0.05) is 35.5 Å². The lowest BCUT2D eigenvalue weighted by molar-refractivity contribution is 0.301. The summed E-state index contributed by atoms with van der Waals surface area (Å²) in [5.74, 6) is 1.77. The first-order chi connectivity index (χ1) is 17.3. The normalized spacial score (nSPS) is 13.4. The van der Waals surface area contributed by atoms with Crippen molar-refractivity contribution in [3.8, 4) is 16.3 Å². The third-order valence-corrected chi connectivity index (χ3v) is 6.89. The summed E-state index contributed by atoms with van der Waals surface area (Å²) in [7, 11) is 0. The fraction of sp³-hybridized carbons (Fsp3) is 0.185. The fourth-order valence-corrected chi connectivity index (χ4v) is 5.04. The van der Waals surface area contributed by atoms with E-state index in [1.165, 1.54) is 5.56 Å². The number of thiazole rings is 1. The van der Waals surface area contributed by atoms with Crippen molar-refractivity contribution in [1.29, 1.82) is 0 Å². The molecule has 0 saturated carbocycles. The molecule has 8 heteroatoms. The zero-order valence-corrected chi connectivity index (χ0v) is 19.9. The molecule has 2 aromatic heterocycles. The first-order valence-corrected chi connectivity index (χ1v) is 12.5. The van der Waals surface area contributed by atoms with E-state index in [1.807, 2.05) is 53.3 Å². The smallest absolute Gasteiger partial charge is 0.134 e. The van der Waals surface area contributed by atoms with Crippen LogP contribution >= 0.6 is 11.3 Å². The standard InChI is InChI=1S/C27H24N6OS/c1-2-5-19(6-3-1)16-33-17-22(31-32-33)18-34-23-10-7-20(8-11-23)27-30-24-12-9-21(15-25(24)35-27)26-28-13-4-14-29-26/h1-3,5-12,15,17H,4,13-14,16,18H2,(H,28,29).